The van der Waals surface area contributed by atoms with Crippen molar-refractivity contribution in [3.8, 4) is 0 Å². The minimum atomic E-state index is -3.40. The molecule has 0 aliphatic carbocycles. The molecule has 2 aromatic rings. The van der Waals surface area contributed by atoms with E-state index in [0.717, 1.165) is 17.9 Å². The molecule has 1 unspecified atom stereocenters. The van der Waals surface area contributed by atoms with E-state index in [0.29, 0.717) is 0 Å². The van der Waals surface area contributed by atoms with Crippen molar-refractivity contribution in [2.24, 2.45) is 0 Å². The van der Waals surface area contributed by atoms with Gasteiger partial charge < -0.3 is 5.32 Å². The highest BCUT2D eigenvalue weighted by atomic mass is 32.2. The lowest BCUT2D eigenvalue weighted by atomic mass is 10.1. The van der Waals surface area contributed by atoms with Crippen molar-refractivity contribution in [2.75, 3.05) is 11.6 Å². The smallest absolute Gasteiger partial charge is 0.175 e. The van der Waals surface area contributed by atoms with Crippen LogP contribution in [0, 0.1) is 11.6 Å². The molecule has 0 saturated heterocycles. The largest absolute Gasteiger partial charge is 0.376 e. The molecule has 0 radical (unpaired) electrons. The molecule has 0 bridgehead atoms. The molecule has 3 nitrogen and oxygen atoms in total. The van der Waals surface area contributed by atoms with Crippen molar-refractivity contribution in [3.05, 3.63) is 59.7 Å². The van der Waals surface area contributed by atoms with Gasteiger partial charge in [-0.05, 0) is 42.8 Å². The predicted molar refractivity (Wildman–Crippen MR) is 77.9 cm³/mol. The molecule has 2 rings (SSSR count). The van der Waals surface area contributed by atoms with Crippen LogP contribution in [-0.2, 0) is 9.84 Å². The molecule has 112 valence electrons. The average molecular weight is 311 g/mol. The van der Waals surface area contributed by atoms with Gasteiger partial charge in [0.25, 0.3) is 0 Å². The van der Waals surface area contributed by atoms with E-state index >= 15 is 0 Å². The van der Waals surface area contributed by atoms with Crippen molar-refractivity contribution in [2.45, 2.75) is 17.9 Å². The third kappa shape index (κ3) is 3.78. The van der Waals surface area contributed by atoms with Gasteiger partial charge >= 0.3 is 0 Å². The van der Waals surface area contributed by atoms with Gasteiger partial charge in [0.1, 0.15) is 11.6 Å². The molecule has 0 aromatic heterocycles. The number of nitrogens with one attached hydrogen (secondary N) is 1. The van der Waals surface area contributed by atoms with Crippen molar-refractivity contribution in [1.82, 2.24) is 0 Å². The Hall–Kier alpha value is -1.95. The summed E-state index contributed by atoms with van der Waals surface area (Å²) in [6.07, 6.45) is 1.06. The van der Waals surface area contributed by atoms with Crippen LogP contribution in [0.4, 0.5) is 14.5 Å². The molecular formula is C15H15F2NO2S. The Bertz CT molecular complexity index is 743. The van der Waals surface area contributed by atoms with Crippen molar-refractivity contribution < 1.29 is 17.2 Å². The van der Waals surface area contributed by atoms with E-state index in [2.05, 4.69) is 5.32 Å². The molecule has 0 aliphatic heterocycles. The molecule has 0 fully saturated rings. The SMILES string of the molecule is CC(Nc1cc(S(C)(=O)=O)ccc1F)c1ccc(F)cc1. The Balaban J connectivity index is 2.28. The Kier molecular flexibility index (Phi) is 4.27. The molecule has 0 amide bonds. The standard InChI is InChI=1S/C15H15F2NO2S/c1-10(11-3-5-12(16)6-4-11)18-15-9-13(21(2,19)20)7-8-14(15)17/h3-10,18H,1-2H3. The van der Waals surface area contributed by atoms with Gasteiger partial charge in [-0.2, -0.15) is 0 Å². The van der Waals surface area contributed by atoms with Gasteiger partial charge in [-0.25, -0.2) is 17.2 Å². The number of anilines is 1. The maximum Gasteiger partial charge on any atom is 0.175 e. The van der Waals surface area contributed by atoms with E-state index in [1.54, 1.807) is 19.1 Å². The van der Waals surface area contributed by atoms with Gasteiger partial charge in [-0.1, -0.05) is 12.1 Å². The van der Waals surface area contributed by atoms with Gasteiger partial charge in [0.05, 0.1) is 10.6 Å². The molecule has 0 spiro atoms. The summed E-state index contributed by atoms with van der Waals surface area (Å²) < 4.78 is 49.7. The lowest BCUT2D eigenvalue weighted by Crippen LogP contribution is -2.09. The summed E-state index contributed by atoms with van der Waals surface area (Å²) in [5.41, 5.74) is 0.857. The van der Waals surface area contributed by atoms with E-state index < -0.39 is 15.7 Å². The zero-order chi connectivity index (χ0) is 15.6. The fourth-order valence-corrected chi connectivity index (χ4v) is 2.56. The summed E-state index contributed by atoms with van der Waals surface area (Å²) in [5.74, 6) is -0.896. The first kappa shape index (κ1) is 15.4. The number of rotatable bonds is 4. The van der Waals surface area contributed by atoms with Crippen LogP contribution in [0.15, 0.2) is 47.4 Å². The second-order valence-corrected chi connectivity index (χ2v) is 6.85. The molecule has 1 N–H and O–H groups in total. The summed E-state index contributed by atoms with van der Waals surface area (Å²) in [4.78, 5) is 0.0395. The molecule has 6 heteroatoms. The molecule has 0 saturated carbocycles. The molecule has 2 aromatic carbocycles. The molecule has 1 atom stereocenters. The topological polar surface area (TPSA) is 46.2 Å². The molecule has 0 aliphatic rings. The first-order valence-electron chi connectivity index (χ1n) is 6.29. The minimum Gasteiger partial charge on any atom is -0.376 e. The summed E-state index contributed by atoms with van der Waals surface area (Å²) in [7, 11) is -3.40. The van der Waals surface area contributed by atoms with E-state index in [1.807, 2.05) is 0 Å². The molecule has 0 heterocycles. The van der Waals surface area contributed by atoms with E-state index in [-0.39, 0.29) is 22.4 Å². The number of benzene rings is 2. The van der Waals surface area contributed by atoms with Gasteiger partial charge in [0, 0.05) is 12.3 Å². The number of sulfone groups is 1. The molecule has 21 heavy (non-hydrogen) atoms. The van der Waals surface area contributed by atoms with Crippen molar-refractivity contribution in [3.63, 3.8) is 0 Å². The van der Waals surface area contributed by atoms with Crippen LogP contribution in [0.1, 0.15) is 18.5 Å². The lowest BCUT2D eigenvalue weighted by molar-refractivity contribution is 0.600. The predicted octanol–water partition coefficient (Wildman–Crippen LogP) is 3.54. The van der Waals surface area contributed by atoms with Crippen LogP contribution >= 0.6 is 0 Å². The Labute approximate surface area is 122 Å². The molecular weight excluding hydrogens is 296 g/mol. The fraction of sp³-hybridized carbons (Fsp3) is 0.200. The van der Waals surface area contributed by atoms with Gasteiger partial charge in [0.2, 0.25) is 0 Å². The van der Waals surface area contributed by atoms with E-state index in [1.165, 1.54) is 24.3 Å². The maximum absolute atomic E-state index is 13.8. The third-order valence-electron chi connectivity index (χ3n) is 3.11. The van der Waals surface area contributed by atoms with E-state index in [9.17, 15) is 17.2 Å². The second kappa shape index (κ2) is 5.81. The summed E-state index contributed by atoms with van der Waals surface area (Å²) in [6.45, 7) is 1.78. The average Bonchev–Trinajstić information content (AvgIpc) is 2.40. The van der Waals surface area contributed by atoms with Crippen LogP contribution < -0.4 is 5.32 Å². The van der Waals surface area contributed by atoms with Crippen LogP contribution in [0.25, 0.3) is 0 Å². The summed E-state index contributed by atoms with van der Waals surface area (Å²) in [5, 5.41) is 2.90. The first-order valence-corrected chi connectivity index (χ1v) is 8.18. The van der Waals surface area contributed by atoms with Crippen LogP contribution in [0.3, 0.4) is 0 Å². The van der Waals surface area contributed by atoms with Crippen LogP contribution in [-0.4, -0.2) is 14.7 Å². The Morgan fingerprint density at radius 2 is 1.67 bits per heavy atom. The Morgan fingerprint density at radius 1 is 1.05 bits per heavy atom. The fourth-order valence-electron chi connectivity index (χ4n) is 1.91. The van der Waals surface area contributed by atoms with Crippen molar-refractivity contribution >= 4 is 15.5 Å². The quantitative estimate of drug-likeness (QED) is 0.879. The highest BCUT2D eigenvalue weighted by molar-refractivity contribution is 7.90. The summed E-state index contributed by atoms with van der Waals surface area (Å²) >= 11 is 0. The normalized spacial score (nSPS) is 13.0. The monoisotopic (exact) mass is 311 g/mol. The lowest BCUT2D eigenvalue weighted by Gasteiger charge is -2.17. The zero-order valence-electron chi connectivity index (χ0n) is 11.6. The van der Waals surface area contributed by atoms with Gasteiger partial charge in [-0.15, -0.1) is 0 Å². The third-order valence-corrected chi connectivity index (χ3v) is 4.22. The maximum atomic E-state index is 13.8. The number of hydrogen-bond acceptors (Lipinski definition) is 3. The van der Waals surface area contributed by atoms with Gasteiger partial charge in [0.15, 0.2) is 9.84 Å². The van der Waals surface area contributed by atoms with Gasteiger partial charge in [-0.3, -0.25) is 0 Å². The zero-order valence-corrected chi connectivity index (χ0v) is 12.4. The number of halogens is 2. The first-order chi connectivity index (χ1) is 9.77. The van der Waals surface area contributed by atoms with Crippen LogP contribution in [0.2, 0.25) is 0 Å². The second-order valence-electron chi connectivity index (χ2n) is 4.83. The van der Waals surface area contributed by atoms with Crippen molar-refractivity contribution in [1.29, 1.82) is 0 Å². The van der Waals surface area contributed by atoms with Crippen LogP contribution in [0.5, 0.6) is 0 Å². The minimum absolute atomic E-state index is 0.0395. The number of hydrogen-bond donors (Lipinski definition) is 1. The Morgan fingerprint density at radius 3 is 2.24 bits per heavy atom. The summed E-state index contributed by atoms with van der Waals surface area (Å²) in [6, 6.07) is 9.10. The van der Waals surface area contributed by atoms with E-state index in [4.69, 9.17) is 0 Å². The highest BCUT2D eigenvalue weighted by Gasteiger charge is 2.13. The highest BCUT2D eigenvalue weighted by Crippen LogP contribution is 2.24.